The number of nitrogens with zero attached hydrogens (tertiary/aromatic N) is 7. The standard InChI is InChI=1S/C81H46F5N7/c82-77-76(78(83)80(85)81(86)79(77)84)75-73(92-69-37-33-53(65-29-13-25-61(88-65)49-17-5-1-6-18-49)43-57(69)58-44-54(34-38-70(58)92)66-30-14-26-62(89-66)50-19-7-2-8-20-50)41-48(47-87)42-74(75)93-71-39-35-55(67-31-15-27-63(90-67)51-21-9-3-10-22-51)45-59(71)60-46-56(36-40-72(60)93)68-32-16-28-64(91-68)52-23-11-4-12-24-52/h1-46H. The van der Waals surface area contributed by atoms with Crippen molar-refractivity contribution < 1.29 is 22.0 Å². The molecule has 0 aliphatic rings. The Bertz CT molecular complexity index is 5090. The van der Waals surface area contributed by atoms with Gasteiger partial charge in [-0.05, 0) is 109 Å². The molecule has 0 aliphatic heterocycles. The van der Waals surface area contributed by atoms with Gasteiger partial charge < -0.3 is 9.13 Å². The summed E-state index contributed by atoms with van der Waals surface area (Å²) < 4.78 is 86.7. The molecule has 0 saturated carbocycles. The van der Waals surface area contributed by atoms with Crippen molar-refractivity contribution in [3.8, 4) is 119 Å². The topological polar surface area (TPSA) is 85.2 Å². The first kappa shape index (κ1) is 55.8. The number of hydrogen-bond acceptors (Lipinski definition) is 5. The molecule has 0 N–H and O–H groups in total. The minimum absolute atomic E-state index is 0.0202. The third kappa shape index (κ3) is 9.74. The number of fused-ring (bicyclic) bond motifs is 6. The molecule has 0 spiro atoms. The molecular weight excluding hydrogens is 1170 g/mol. The lowest BCUT2D eigenvalue weighted by atomic mass is 9.96. The highest BCUT2D eigenvalue weighted by molar-refractivity contribution is 6.14. The lowest BCUT2D eigenvalue weighted by molar-refractivity contribution is 0.381. The largest absolute Gasteiger partial charge is 0.308 e. The Labute approximate surface area is 529 Å². The van der Waals surface area contributed by atoms with E-state index in [2.05, 4.69) is 6.07 Å². The van der Waals surface area contributed by atoms with E-state index in [0.29, 0.717) is 66.4 Å². The number of benzene rings is 10. The van der Waals surface area contributed by atoms with Gasteiger partial charge in [0.15, 0.2) is 23.3 Å². The lowest BCUT2D eigenvalue weighted by Crippen LogP contribution is -2.10. The fourth-order valence-electron chi connectivity index (χ4n) is 12.8. The first-order chi connectivity index (χ1) is 45.6. The van der Waals surface area contributed by atoms with Crippen LogP contribution in [0.1, 0.15) is 5.56 Å². The van der Waals surface area contributed by atoms with Crippen LogP contribution in [0, 0.1) is 40.4 Å². The van der Waals surface area contributed by atoms with Crippen LogP contribution in [0.4, 0.5) is 22.0 Å². The van der Waals surface area contributed by atoms with Crippen molar-refractivity contribution in [3.63, 3.8) is 0 Å². The van der Waals surface area contributed by atoms with Crippen LogP contribution >= 0.6 is 0 Å². The van der Waals surface area contributed by atoms with Gasteiger partial charge in [-0.2, -0.15) is 5.26 Å². The summed E-state index contributed by atoms with van der Waals surface area (Å²) in [6.45, 7) is 0. The van der Waals surface area contributed by atoms with Crippen LogP contribution in [0.25, 0.3) is 156 Å². The molecule has 7 nitrogen and oxygen atoms in total. The van der Waals surface area contributed by atoms with E-state index in [1.807, 2.05) is 267 Å². The van der Waals surface area contributed by atoms with Crippen LogP contribution < -0.4 is 0 Å². The van der Waals surface area contributed by atoms with Gasteiger partial charge in [0.05, 0.1) is 96.2 Å². The maximum absolute atomic E-state index is 17.5. The zero-order valence-corrected chi connectivity index (χ0v) is 49.1. The van der Waals surface area contributed by atoms with Gasteiger partial charge in [0, 0.05) is 71.6 Å². The maximum atomic E-state index is 17.5. The minimum atomic E-state index is -2.32. The number of rotatable bonds is 11. The van der Waals surface area contributed by atoms with Gasteiger partial charge in [-0.1, -0.05) is 170 Å². The van der Waals surface area contributed by atoms with Gasteiger partial charge in [-0.15, -0.1) is 0 Å². The van der Waals surface area contributed by atoms with Crippen LogP contribution in [-0.4, -0.2) is 29.1 Å². The Morgan fingerprint density at radius 3 is 0.753 bits per heavy atom. The molecule has 16 rings (SSSR count). The van der Waals surface area contributed by atoms with Gasteiger partial charge in [0.1, 0.15) is 0 Å². The third-order valence-corrected chi connectivity index (χ3v) is 17.2. The van der Waals surface area contributed by atoms with Gasteiger partial charge in [-0.3, -0.25) is 0 Å². The Kier molecular flexibility index (Phi) is 13.7. The summed E-state index contributed by atoms with van der Waals surface area (Å²) in [6.07, 6.45) is 0. The molecule has 0 radical (unpaired) electrons. The molecular formula is C81H46F5N7. The fourth-order valence-corrected chi connectivity index (χ4v) is 12.8. The van der Waals surface area contributed by atoms with Crippen molar-refractivity contribution in [1.29, 1.82) is 5.26 Å². The van der Waals surface area contributed by atoms with E-state index >= 15 is 22.0 Å². The summed E-state index contributed by atoms with van der Waals surface area (Å²) in [5.41, 5.74) is 12.5. The normalized spacial score (nSPS) is 11.5. The van der Waals surface area contributed by atoms with Crippen molar-refractivity contribution in [1.82, 2.24) is 29.1 Å². The highest BCUT2D eigenvalue weighted by Gasteiger charge is 2.33. The van der Waals surface area contributed by atoms with Gasteiger partial charge in [-0.25, -0.2) is 41.9 Å². The van der Waals surface area contributed by atoms with E-state index in [1.54, 1.807) is 9.13 Å². The molecule has 0 bridgehead atoms. The first-order valence-corrected chi connectivity index (χ1v) is 30.0. The minimum Gasteiger partial charge on any atom is -0.308 e. The van der Waals surface area contributed by atoms with Crippen molar-refractivity contribution >= 4 is 43.6 Å². The monoisotopic (exact) mass is 1210 g/mol. The molecule has 6 aromatic heterocycles. The Morgan fingerprint density at radius 1 is 0.247 bits per heavy atom. The van der Waals surface area contributed by atoms with Crippen LogP contribution in [0.3, 0.4) is 0 Å². The summed E-state index contributed by atoms with van der Waals surface area (Å²) >= 11 is 0. The Hall–Kier alpha value is -12.5. The molecule has 0 unspecified atom stereocenters. The molecule has 12 heteroatoms. The number of halogens is 5. The molecule has 93 heavy (non-hydrogen) atoms. The highest BCUT2D eigenvalue weighted by atomic mass is 19.2. The number of nitriles is 1. The van der Waals surface area contributed by atoms with Gasteiger partial charge in [0.25, 0.3) is 0 Å². The van der Waals surface area contributed by atoms with Crippen LogP contribution in [0.15, 0.2) is 279 Å². The van der Waals surface area contributed by atoms with Crippen LogP contribution in [-0.2, 0) is 0 Å². The first-order valence-electron chi connectivity index (χ1n) is 30.0. The molecule has 0 amide bonds. The molecule has 440 valence electrons. The average Bonchev–Trinajstić information content (AvgIpc) is 1.63. The molecule has 0 atom stereocenters. The predicted octanol–water partition coefficient (Wildman–Crippen LogP) is 21.0. The summed E-state index contributed by atoms with van der Waals surface area (Å²) in [6, 6.07) is 90.4. The molecule has 6 heterocycles. The highest BCUT2D eigenvalue weighted by Crippen LogP contribution is 2.47. The van der Waals surface area contributed by atoms with Crippen LogP contribution in [0.5, 0.6) is 0 Å². The Morgan fingerprint density at radius 2 is 0.495 bits per heavy atom. The van der Waals surface area contributed by atoms with E-state index in [-0.39, 0.29) is 22.5 Å². The summed E-state index contributed by atoms with van der Waals surface area (Å²) in [7, 11) is 0. The fraction of sp³-hybridized carbons (Fsp3) is 0. The SMILES string of the molecule is N#Cc1cc(-n2c3ccc(-c4cccc(-c5ccccc5)n4)cc3c3cc(-c4cccc(-c5ccccc5)n4)ccc32)c(-c2c(F)c(F)c(F)c(F)c2F)c(-n2c3ccc(-c4cccc(-c5ccccc5)n4)cc3c3cc(-c4cccc(-c5ccccc5)n4)ccc32)c1. The summed E-state index contributed by atoms with van der Waals surface area (Å²) in [4.78, 5) is 20.4. The van der Waals surface area contributed by atoms with Gasteiger partial charge >= 0.3 is 0 Å². The number of aromatic nitrogens is 6. The number of hydrogen-bond donors (Lipinski definition) is 0. The third-order valence-electron chi connectivity index (χ3n) is 17.2. The van der Waals surface area contributed by atoms with E-state index in [9.17, 15) is 5.26 Å². The zero-order chi connectivity index (χ0) is 62.8. The van der Waals surface area contributed by atoms with Gasteiger partial charge in [0.2, 0.25) is 5.82 Å². The number of pyridine rings is 4. The molecule has 0 saturated heterocycles. The average molecular weight is 1210 g/mol. The quantitative estimate of drug-likeness (QED) is 0.0732. The maximum Gasteiger partial charge on any atom is 0.200 e. The van der Waals surface area contributed by atoms with Crippen LogP contribution in [0.2, 0.25) is 0 Å². The van der Waals surface area contributed by atoms with E-state index in [0.717, 1.165) is 67.3 Å². The Balaban J connectivity index is 0.987. The van der Waals surface area contributed by atoms with Crippen molar-refractivity contribution in [3.05, 3.63) is 314 Å². The molecule has 0 fully saturated rings. The second-order valence-electron chi connectivity index (χ2n) is 22.6. The van der Waals surface area contributed by atoms with E-state index in [1.165, 1.54) is 12.1 Å². The second-order valence-corrected chi connectivity index (χ2v) is 22.6. The molecule has 0 aliphatic carbocycles. The molecule has 16 aromatic rings. The molecule has 10 aromatic carbocycles. The van der Waals surface area contributed by atoms with Crippen molar-refractivity contribution in [2.45, 2.75) is 0 Å². The lowest BCUT2D eigenvalue weighted by Gasteiger charge is -2.22. The summed E-state index contributed by atoms with van der Waals surface area (Å²) in [5.74, 6) is -10.7. The van der Waals surface area contributed by atoms with Crippen molar-refractivity contribution in [2.75, 3.05) is 0 Å². The zero-order valence-electron chi connectivity index (χ0n) is 49.1. The second kappa shape index (κ2) is 22.8. The predicted molar refractivity (Wildman–Crippen MR) is 360 cm³/mol. The summed E-state index contributed by atoms with van der Waals surface area (Å²) in [5, 5.41) is 13.9. The van der Waals surface area contributed by atoms with E-state index < -0.39 is 34.6 Å². The van der Waals surface area contributed by atoms with Crippen molar-refractivity contribution in [2.24, 2.45) is 0 Å². The van der Waals surface area contributed by atoms with E-state index in [4.69, 9.17) is 19.9 Å². The smallest absolute Gasteiger partial charge is 0.200 e.